The molecule has 0 aromatic carbocycles. The van der Waals surface area contributed by atoms with Gasteiger partial charge in [-0.3, -0.25) is 9.59 Å². The van der Waals surface area contributed by atoms with Crippen LogP contribution in [0.25, 0.3) is 0 Å². The van der Waals surface area contributed by atoms with Gasteiger partial charge in [0.05, 0.1) is 17.8 Å². The first-order chi connectivity index (χ1) is 7.99. The lowest BCUT2D eigenvalue weighted by atomic mass is 10.1. The largest absolute Gasteiger partial charge is 0.481 e. The molecule has 1 aliphatic rings. The number of halogens is 1. The van der Waals surface area contributed by atoms with Gasteiger partial charge in [-0.25, -0.2) is 4.98 Å². The van der Waals surface area contributed by atoms with Gasteiger partial charge in [-0.05, 0) is 34.5 Å². The quantitative estimate of drug-likeness (QED) is 0.842. The van der Waals surface area contributed by atoms with Crippen LogP contribution in [-0.2, 0) is 9.59 Å². The molecule has 1 unspecified atom stereocenters. The molecule has 1 fully saturated rings. The molecule has 2 heterocycles. The van der Waals surface area contributed by atoms with Crippen molar-refractivity contribution in [2.24, 2.45) is 5.92 Å². The predicted molar refractivity (Wildman–Crippen MR) is 64.8 cm³/mol. The smallest absolute Gasteiger partial charge is 0.308 e. The number of carbonyl (C=O) groups is 2. The number of nitrogens with zero attached hydrogens (tertiary/aromatic N) is 2. The van der Waals surface area contributed by atoms with Crippen LogP contribution >= 0.6 is 15.9 Å². The van der Waals surface area contributed by atoms with Crippen LogP contribution < -0.4 is 4.90 Å². The fourth-order valence-corrected chi connectivity index (χ4v) is 2.35. The Labute approximate surface area is 107 Å². The van der Waals surface area contributed by atoms with E-state index >= 15 is 0 Å². The van der Waals surface area contributed by atoms with Crippen molar-refractivity contribution < 1.29 is 14.7 Å². The van der Waals surface area contributed by atoms with Gasteiger partial charge < -0.3 is 10.0 Å². The van der Waals surface area contributed by atoms with E-state index in [2.05, 4.69) is 20.9 Å². The molecule has 1 amide bonds. The second-order valence-corrected chi connectivity index (χ2v) is 4.85. The maximum atomic E-state index is 11.7. The monoisotopic (exact) mass is 298 g/mol. The second-order valence-electron chi connectivity index (χ2n) is 4.04. The van der Waals surface area contributed by atoms with Gasteiger partial charge >= 0.3 is 5.97 Å². The van der Waals surface area contributed by atoms with Crippen LogP contribution in [0.5, 0.6) is 0 Å². The molecule has 0 spiro atoms. The van der Waals surface area contributed by atoms with Crippen molar-refractivity contribution in [3.63, 3.8) is 0 Å². The Morgan fingerprint density at radius 1 is 1.65 bits per heavy atom. The maximum absolute atomic E-state index is 11.7. The number of rotatable bonds is 2. The van der Waals surface area contributed by atoms with Crippen molar-refractivity contribution in [2.75, 3.05) is 11.4 Å². The van der Waals surface area contributed by atoms with E-state index in [-0.39, 0.29) is 18.9 Å². The number of carboxylic acid groups (broad SMARTS) is 1. The van der Waals surface area contributed by atoms with Crippen molar-refractivity contribution in [1.29, 1.82) is 0 Å². The van der Waals surface area contributed by atoms with Crippen molar-refractivity contribution in [3.8, 4) is 0 Å². The highest BCUT2D eigenvalue weighted by molar-refractivity contribution is 9.10. The summed E-state index contributed by atoms with van der Waals surface area (Å²) in [6.45, 7) is 2.08. The summed E-state index contributed by atoms with van der Waals surface area (Å²) in [7, 11) is 0. The van der Waals surface area contributed by atoms with E-state index in [1.54, 1.807) is 12.3 Å². The molecular weight excluding hydrogens is 288 g/mol. The van der Waals surface area contributed by atoms with Crippen molar-refractivity contribution in [1.82, 2.24) is 4.98 Å². The summed E-state index contributed by atoms with van der Waals surface area (Å²) in [5.74, 6) is -1.71. The number of hydrogen-bond acceptors (Lipinski definition) is 3. The van der Waals surface area contributed by atoms with E-state index in [4.69, 9.17) is 5.11 Å². The third kappa shape index (κ3) is 2.31. The van der Waals surface area contributed by atoms with E-state index in [0.717, 1.165) is 5.56 Å². The van der Waals surface area contributed by atoms with E-state index in [9.17, 15) is 9.59 Å². The number of pyridine rings is 1. The third-order valence-electron chi connectivity index (χ3n) is 2.81. The molecule has 1 saturated heterocycles. The van der Waals surface area contributed by atoms with Crippen LogP contribution in [0.2, 0.25) is 0 Å². The molecular formula is C11H11BrN2O3. The molecule has 6 heteroatoms. The highest BCUT2D eigenvalue weighted by Gasteiger charge is 2.35. The maximum Gasteiger partial charge on any atom is 0.308 e. The summed E-state index contributed by atoms with van der Waals surface area (Å²) in [6, 6.07) is 1.80. The standard InChI is InChI=1S/C11H11BrN2O3/c1-6-2-9(12)13-4-8(6)14-5-7(11(16)17)3-10(14)15/h2,4,7H,3,5H2,1H3,(H,16,17). The summed E-state index contributed by atoms with van der Waals surface area (Å²) >= 11 is 3.25. The minimum atomic E-state index is -0.927. The molecule has 0 bridgehead atoms. The number of carboxylic acids is 1. The number of aromatic nitrogens is 1. The molecule has 1 aliphatic heterocycles. The fourth-order valence-electron chi connectivity index (χ4n) is 1.90. The third-order valence-corrected chi connectivity index (χ3v) is 3.25. The van der Waals surface area contributed by atoms with Gasteiger partial charge in [0.2, 0.25) is 5.91 Å². The van der Waals surface area contributed by atoms with Gasteiger partial charge in [-0.2, -0.15) is 0 Å². The summed E-state index contributed by atoms with van der Waals surface area (Å²) in [6.07, 6.45) is 1.65. The number of aliphatic carboxylic acids is 1. The van der Waals surface area contributed by atoms with Gasteiger partial charge in [0.25, 0.3) is 0 Å². The number of hydrogen-bond donors (Lipinski definition) is 1. The zero-order valence-electron chi connectivity index (χ0n) is 9.18. The van der Waals surface area contributed by atoms with Gasteiger partial charge in [-0.1, -0.05) is 0 Å². The molecule has 90 valence electrons. The second kappa shape index (κ2) is 4.44. The molecule has 1 aromatic rings. The van der Waals surface area contributed by atoms with Gasteiger partial charge in [-0.15, -0.1) is 0 Å². The van der Waals surface area contributed by atoms with Crippen LogP contribution in [0.15, 0.2) is 16.9 Å². The molecule has 0 saturated carbocycles. The summed E-state index contributed by atoms with van der Waals surface area (Å²) in [5, 5.41) is 8.91. The highest BCUT2D eigenvalue weighted by atomic mass is 79.9. The van der Waals surface area contributed by atoms with E-state index in [1.807, 2.05) is 6.92 Å². The van der Waals surface area contributed by atoms with Crippen LogP contribution in [0.1, 0.15) is 12.0 Å². The number of carbonyl (C=O) groups excluding carboxylic acids is 1. The Balaban J connectivity index is 2.29. The summed E-state index contributed by atoms with van der Waals surface area (Å²) < 4.78 is 0.695. The molecule has 1 aromatic heterocycles. The molecule has 5 nitrogen and oxygen atoms in total. The Morgan fingerprint density at radius 2 is 2.35 bits per heavy atom. The van der Waals surface area contributed by atoms with E-state index in [0.29, 0.717) is 10.3 Å². The molecule has 2 rings (SSSR count). The normalized spacial score (nSPS) is 19.8. The SMILES string of the molecule is Cc1cc(Br)ncc1N1CC(C(=O)O)CC1=O. The van der Waals surface area contributed by atoms with Gasteiger partial charge in [0, 0.05) is 13.0 Å². The average molecular weight is 299 g/mol. The molecule has 0 radical (unpaired) electrons. The highest BCUT2D eigenvalue weighted by Crippen LogP contribution is 2.28. The van der Waals surface area contributed by atoms with Crippen LogP contribution in [0.3, 0.4) is 0 Å². The zero-order chi connectivity index (χ0) is 12.6. The van der Waals surface area contributed by atoms with Crippen LogP contribution in [-0.4, -0.2) is 28.5 Å². The first-order valence-electron chi connectivity index (χ1n) is 5.14. The summed E-state index contributed by atoms with van der Waals surface area (Å²) in [5.41, 5.74) is 1.58. The Morgan fingerprint density at radius 3 is 2.88 bits per heavy atom. The van der Waals surface area contributed by atoms with Crippen LogP contribution in [0, 0.1) is 12.8 Å². The van der Waals surface area contributed by atoms with Crippen LogP contribution in [0.4, 0.5) is 5.69 Å². The lowest BCUT2D eigenvalue weighted by Crippen LogP contribution is -2.26. The van der Waals surface area contributed by atoms with E-state index in [1.165, 1.54) is 4.90 Å². The predicted octanol–water partition coefficient (Wildman–Crippen LogP) is 1.59. The minimum Gasteiger partial charge on any atom is -0.481 e. The van der Waals surface area contributed by atoms with Gasteiger partial charge in [0.15, 0.2) is 0 Å². The lowest BCUT2D eigenvalue weighted by Gasteiger charge is -2.18. The lowest BCUT2D eigenvalue weighted by molar-refractivity contribution is -0.141. The zero-order valence-corrected chi connectivity index (χ0v) is 10.8. The number of amides is 1. The first kappa shape index (κ1) is 12.0. The van der Waals surface area contributed by atoms with Crippen molar-refractivity contribution >= 4 is 33.5 Å². The molecule has 17 heavy (non-hydrogen) atoms. The topological polar surface area (TPSA) is 70.5 Å². The Hall–Kier alpha value is -1.43. The average Bonchev–Trinajstić information content (AvgIpc) is 2.61. The minimum absolute atomic E-state index is 0.0604. The Bertz CT molecular complexity index is 490. The molecule has 0 aliphatic carbocycles. The van der Waals surface area contributed by atoms with Gasteiger partial charge in [0.1, 0.15) is 4.60 Å². The first-order valence-corrected chi connectivity index (χ1v) is 5.93. The molecule has 1 N–H and O–H groups in total. The fraction of sp³-hybridized carbons (Fsp3) is 0.364. The van der Waals surface area contributed by atoms with Crippen molar-refractivity contribution in [2.45, 2.75) is 13.3 Å². The molecule has 1 atom stereocenters. The van der Waals surface area contributed by atoms with Crippen molar-refractivity contribution in [3.05, 3.63) is 22.4 Å². The summed E-state index contributed by atoms with van der Waals surface area (Å²) in [4.78, 5) is 28.2. The number of aryl methyl sites for hydroxylation is 1. The Kier molecular flexibility index (Phi) is 3.15. The van der Waals surface area contributed by atoms with E-state index < -0.39 is 11.9 Å². The number of anilines is 1.